The zero-order valence-electron chi connectivity index (χ0n) is 10.9. The average molecular weight is 323 g/mol. The molecule has 19 heavy (non-hydrogen) atoms. The predicted molar refractivity (Wildman–Crippen MR) is 78.0 cm³/mol. The van der Waals surface area contributed by atoms with E-state index >= 15 is 0 Å². The monoisotopic (exact) mass is 322 g/mol. The van der Waals surface area contributed by atoms with Gasteiger partial charge in [-0.2, -0.15) is 0 Å². The molecule has 0 bridgehead atoms. The number of hydrogen-bond acceptors (Lipinski definition) is 3. The molecule has 100 valence electrons. The fourth-order valence-corrected chi connectivity index (χ4v) is 2.29. The standard InChI is InChI=1S/C15H15BrO3/c1-17-13-8-7-11(9-12(13)16)10-19-15-6-4-3-5-14(15)18-2/h3-9H,10H2,1-2H3. The van der Waals surface area contributed by atoms with Gasteiger partial charge in [0.05, 0.1) is 18.7 Å². The van der Waals surface area contributed by atoms with Gasteiger partial charge < -0.3 is 14.2 Å². The maximum absolute atomic E-state index is 5.76. The molecule has 0 atom stereocenters. The fraction of sp³-hybridized carbons (Fsp3) is 0.200. The van der Waals surface area contributed by atoms with E-state index in [0.717, 1.165) is 27.3 Å². The van der Waals surface area contributed by atoms with E-state index in [9.17, 15) is 0 Å². The van der Waals surface area contributed by atoms with Crippen molar-refractivity contribution in [1.82, 2.24) is 0 Å². The van der Waals surface area contributed by atoms with Crippen molar-refractivity contribution in [3.8, 4) is 17.2 Å². The Bertz CT molecular complexity index is 555. The van der Waals surface area contributed by atoms with Gasteiger partial charge in [0.25, 0.3) is 0 Å². The van der Waals surface area contributed by atoms with Crippen molar-refractivity contribution < 1.29 is 14.2 Å². The van der Waals surface area contributed by atoms with Gasteiger partial charge in [-0.1, -0.05) is 18.2 Å². The van der Waals surface area contributed by atoms with Crippen LogP contribution in [0.5, 0.6) is 17.2 Å². The van der Waals surface area contributed by atoms with E-state index in [0.29, 0.717) is 6.61 Å². The first-order valence-electron chi connectivity index (χ1n) is 5.83. The van der Waals surface area contributed by atoms with Gasteiger partial charge in [-0.15, -0.1) is 0 Å². The third kappa shape index (κ3) is 3.41. The maximum atomic E-state index is 5.76. The van der Waals surface area contributed by atoms with Crippen LogP contribution in [0.25, 0.3) is 0 Å². The molecule has 0 saturated carbocycles. The Morgan fingerprint density at radius 1 is 0.895 bits per heavy atom. The predicted octanol–water partition coefficient (Wildman–Crippen LogP) is 4.05. The average Bonchev–Trinajstić information content (AvgIpc) is 2.45. The summed E-state index contributed by atoms with van der Waals surface area (Å²) in [5.41, 5.74) is 1.05. The van der Waals surface area contributed by atoms with Crippen LogP contribution in [0.1, 0.15) is 5.56 Å². The number of methoxy groups -OCH3 is 2. The lowest BCUT2D eigenvalue weighted by atomic mass is 10.2. The minimum Gasteiger partial charge on any atom is -0.496 e. The van der Waals surface area contributed by atoms with Crippen LogP contribution < -0.4 is 14.2 Å². The van der Waals surface area contributed by atoms with Gasteiger partial charge in [0.2, 0.25) is 0 Å². The minimum absolute atomic E-state index is 0.475. The highest BCUT2D eigenvalue weighted by Crippen LogP contribution is 2.29. The lowest BCUT2D eigenvalue weighted by Crippen LogP contribution is -1.98. The molecular weight excluding hydrogens is 308 g/mol. The number of para-hydroxylation sites is 2. The first-order chi connectivity index (χ1) is 9.24. The molecule has 0 aliphatic carbocycles. The van der Waals surface area contributed by atoms with Crippen molar-refractivity contribution in [2.24, 2.45) is 0 Å². The van der Waals surface area contributed by atoms with Crippen LogP contribution in [0.15, 0.2) is 46.9 Å². The molecule has 0 amide bonds. The highest BCUT2D eigenvalue weighted by molar-refractivity contribution is 9.10. The summed E-state index contributed by atoms with van der Waals surface area (Å²) < 4.78 is 17.1. The van der Waals surface area contributed by atoms with Crippen LogP contribution in [-0.4, -0.2) is 14.2 Å². The number of rotatable bonds is 5. The van der Waals surface area contributed by atoms with Crippen molar-refractivity contribution in [3.63, 3.8) is 0 Å². The van der Waals surface area contributed by atoms with Crippen molar-refractivity contribution in [1.29, 1.82) is 0 Å². The van der Waals surface area contributed by atoms with E-state index in [1.807, 2.05) is 42.5 Å². The normalized spacial score (nSPS) is 10.1. The molecule has 0 unspecified atom stereocenters. The van der Waals surface area contributed by atoms with Gasteiger partial charge in [0, 0.05) is 0 Å². The van der Waals surface area contributed by atoms with Crippen LogP contribution >= 0.6 is 15.9 Å². The number of ether oxygens (including phenoxy) is 3. The summed E-state index contributed by atoms with van der Waals surface area (Å²) in [5, 5.41) is 0. The Labute approximate surface area is 121 Å². The third-order valence-corrected chi connectivity index (χ3v) is 3.30. The largest absolute Gasteiger partial charge is 0.496 e. The van der Waals surface area contributed by atoms with Gasteiger partial charge in [-0.25, -0.2) is 0 Å². The summed E-state index contributed by atoms with van der Waals surface area (Å²) >= 11 is 3.46. The van der Waals surface area contributed by atoms with E-state index in [1.165, 1.54) is 0 Å². The van der Waals surface area contributed by atoms with Gasteiger partial charge in [0.15, 0.2) is 11.5 Å². The second-order valence-electron chi connectivity index (χ2n) is 3.91. The van der Waals surface area contributed by atoms with Crippen molar-refractivity contribution >= 4 is 15.9 Å². The SMILES string of the molecule is COc1ccc(COc2ccccc2OC)cc1Br. The van der Waals surface area contributed by atoms with Crippen molar-refractivity contribution in [3.05, 3.63) is 52.5 Å². The molecule has 0 N–H and O–H groups in total. The second-order valence-corrected chi connectivity index (χ2v) is 4.76. The summed E-state index contributed by atoms with van der Waals surface area (Å²) in [6.07, 6.45) is 0. The number of hydrogen-bond donors (Lipinski definition) is 0. The summed E-state index contributed by atoms with van der Waals surface area (Å²) in [6, 6.07) is 13.5. The number of benzene rings is 2. The zero-order valence-corrected chi connectivity index (χ0v) is 12.4. The Kier molecular flexibility index (Phi) is 4.68. The molecule has 0 aliphatic heterocycles. The lowest BCUT2D eigenvalue weighted by Gasteiger charge is -2.11. The summed E-state index contributed by atoms with van der Waals surface area (Å²) in [4.78, 5) is 0. The molecule has 2 aromatic carbocycles. The first kappa shape index (κ1) is 13.7. The van der Waals surface area contributed by atoms with E-state index in [4.69, 9.17) is 14.2 Å². The Hall–Kier alpha value is -1.68. The van der Waals surface area contributed by atoms with E-state index < -0.39 is 0 Å². The first-order valence-corrected chi connectivity index (χ1v) is 6.62. The zero-order chi connectivity index (χ0) is 13.7. The third-order valence-electron chi connectivity index (χ3n) is 2.68. The number of halogens is 1. The van der Waals surface area contributed by atoms with Gasteiger partial charge in [0.1, 0.15) is 12.4 Å². The summed E-state index contributed by atoms with van der Waals surface area (Å²) in [6.45, 7) is 0.475. The topological polar surface area (TPSA) is 27.7 Å². The molecule has 3 nitrogen and oxygen atoms in total. The molecule has 0 fully saturated rings. The van der Waals surface area contributed by atoms with Gasteiger partial charge in [-0.3, -0.25) is 0 Å². The Morgan fingerprint density at radius 3 is 2.21 bits per heavy atom. The summed E-state index contributed by atoms with van der Waals surface area (Å²) in [5.74, 6) is 2.27. The highest BCUT2D eigenvalue weighted by atomic mass is 79.9. The lowest BCUT2D eigenvalue weighted by molar-refractivity contribution is 0.284. The van der Waals surface area contributed by atoms with E-state index in [2.05, 4.69) is 15.9 Å². The van der Waals surface area contributed by atoms with Crippen LogP contribution in [0.4, 0.5) is 0 Å². The highest BCUT2D eigenvalue weighted by Gasteiger charge is 2.05. The molecule has 2 aromatic rings. The molecular formula is C15H15BrO3. The molecule has 0 heterocycles. The van der Waals surface area contributed by atoms with Crippen LogP contribution in [0, 0.1) is 0 Å². The molecule has 4 heteroatoms. The van der Waals surface area contributed by atoms with Crippen molar-refractivity contribution in [2.75, 3.05) is 14.2 Å². The van der Waals surface area contributed by atoms with Gasteiger partial charge >= 0.3 is 0 Å². The summed E-state index contributed by atoms with van der Waals surface area (Å²) in [7, 11) is 3.28. The van der Waals surface area contributed by atoms with Gasteiger partial charge in [-0.05, 0) is 45.8 Å². The fourth-order valence-electron chi connectivity index (χ4n) is 1.70. The van der Waals surface area contributed by atoms with Crippen LogP contribution in [0.2, 0.25) is 0 Å². The Balaban J connectivity index is 2.08. The minimum atomic E-state index is 0.475. The molecule has 0 aliphatic rings. The quantitative estimate of drug-likeness (QED) is 0.831. The Morgan fingerprint density at radius 2 is 1.58 bits per heavy atom. The molecule has 0 saturated heterocycles. The van der Waals surface area contributed by atoms with Crippen LogP contribution in [0.3, 0.4) is 0 Å². The van der Waals surface area contributed by atoms with Crippen LogP contribution in [-0.2, 0) is 6.61 Å². The van der Waals surface area contributed by atoms with Crippen molar-refractivity contribution in [2.45, 2.75) is 6.61 Å². The molecule has 0 aromatic heterocycles. The molecule has 0 radical (unpaired) electrons. The van der Waals surface area contributed by atoms with E-state index in [1.54, 1.807) is 14.2 Å². The molecule has 0 spiro atoms. The maximum Gasteiger partial charge on any atom is 0.161 e. The molecule has 2 rings (SSSR count). The smallest absolute Gasteiger partial charge is 0.161 e. The van der Waals surface area contributed by atoms with E-state index in [-0.39, 0.29) is 0 Å². The second kappa shape index (κ2) is 6.48.